The van der Waals surface area contributed by atoms with E-state index >= 15 is 0 Å². The zero-order chi connectivity index (χ0) is 21.1. The summed E-state index contributed by atoms with van der Waals surface area (Å²) in [5.74, 6) is 0.320. The molecule has 0 radical (unpaired) electrons. The molecule has 3 N–H and O–H groups in total. The number of nitrogens with one attached hydrogen (secondary N) is 2. The number of halogens is 1. The molecule has 0 saturated carbocycles. The molecule has 2 aromatic heterocycles. The van der Waals surface area contributed by atoms with E-state index in [1.165, 1.54) is 24.5 Å². The molecule has 0 fully saturated rings. The Morgan fingerprint density at radius 2 is 2.07 bits per heavy atom. The van der Waals surface area contributed by atoms with Crippen LogP contribution in [0.2, 0.25) is 5.02 Å². The van der Waals surface area contributed by atoms with E-state index in [1.807, 2.05) is 0 Å². The monoisotopic (exact) mass is 439 g/mol. The van der Waals surface area contributed by atoms with Crippen molar-refractivity contribution in [2.75, 3.05) is 5.32 Å². The second-order valence-corrected chi connectivity index (χ2v) is 7.00. The molecule has 2 aromatic carbocycles. The van der Waals surface area contributed by atoms with Gasteiger partial charge in [0.15, 0.2) is 10.7 Å². The molecule has 4 aromatic rings. The van der Waals surface area contributed by atoms with Gasteiger partial charge in [-0.15, -0.1) is 0 Å². The molecule has 2 heterocycles. The first kappa shape index (κ1) is 19.7. The van der Waals surface area contributed by atoms with Gasteiger partial charge in [-0.2, -0.15) is 0 Å². The third kappa shape index (κ3) is 4.51. The van der Waals surface area contributed by atoms with Gasteiger partial charge < -0.3 is 19.3 Å². The number of aromatic hydroxyl groups is 1. The maximum Gasteiger partial charge on any atom is 0.250 e. The number of anilines is 1. The molecular formula is C21H14ClN3O4S. The number of nitrogens with zero attached hydrogens (tertiary/aromatic N) is 1. The van der Waals surface area contributed by atoms with Gasteiger partial charge in [0.05, 0.1) is 11.8 Å². The number of furan rings is 1. The second-order valence-electron chi connectivity index (χ2n) is 6.16. The summed E-state index contributed by atoms with van der Waals surface area (Å²) in [5.41, 5.74) is 2.04. The highest BCUT2D eigenvalue weighted by Gasteiger charge is 2.13. The summed E-state index contributed by atoms with van der Waals surface area (Å²) in [5, 5.41) is 16.4. The summed E-state index contributed by atoms with van der Waals surface area (Å²) in [6.45, 7) is 0. The fourth-order valence-electron chi connectivity index (χ4n) is 2.67. The van der Waals surface area contributed by atoms with Crippen molar-refractivity contribution in [1.29, 1.82) is 0 Å². The third-order valence-electron chi connectivity index (χ3n) is 4.01. The molecule has 0 unspecified atom stereocenters. The van der Waals surface area contributed by atoms with Crippen molar-refractivity contribution >= 4 is 57.7 Å². The maximum absolute atomic E-state index is 11.9. The molecule has 0 aliphatic heterocycles. The van der Waals surface area contributed by atoms with E-state index in [0.717, 1.165) is 0 Å². The van der Waals surface area contributed by atoms with E-state index in [9.17, 15) is 9.90 Å². The number of fused-ring (bicyclic) bond motifs is 1. The van der Waals surface area contributed by atoms with Gasteiger partial charge in [0, 0.05) is 22.9 Å². The molecule has 0 spiro atoms. The first-order chi connectivity index (χ1) is 14.5. The Hall–Kier alpha value is -3.62. The smallest absolute Gasteiger partial charge is 0.250 e. The first-order valence-corrected chi connectivity index (χ1v) is 9.49. The average Bonchev–Trinajstić information content (AvgIpc) is 3.35. The van der Waals surface area contributed by atoms with Crippen molar-refractivity contribution < 1.29 is 18.7 Å². The fraction of sp³-hybridized carbons (Fsp3) is 0. The standard InChI is InChI=1S/C21H14ClN3O4S/c22-12-3-7-18-16(10-12)24-20(29-18)15-6-4-13(11-17(15)26)23-21(30)25-19(27)8-5-14-2-1-9-28-14/h1-11,26H,(H2,23,25,27,30)/b8-5+. The van der Waals surface area contributed by atoms with E-state index in [0.29, 0.717) is 33.1 Å². The highest BCUT2D eigenvalue weighted by Crippen LogP contribution is 2.33. The minimum Gasteiger partial charge on any atom is -0.507 e. The lowest BCUT2D eigenvalue weighted by Gasteiger charge is -2.09. The summed E-state index contributed by atoms with van der Waals surface area (Å²) in [4.78, 5) is 16.3. The quantitative estimate of drug-likeness (QED) is 0.304. The molecule has 0 aliphatic rings. The van der Waals surface area contributed by atoms with Gasteiger partial charge in [0.25, 0.3) is 0 Å². The van der Waals surface area contributed by atoms with Crippen LogP contribution in [0.4, 0.5) is 5.69 Å². The molecule has 1 amide bonds. The second kappa shape index (κ2) is 8.40. The Labute approximate surface area is 181 Å². The van der Waals surface area contributed by atoms with Gasteiger partial charge in [0.2, 0.25) is 11.8 Å². The van der Waals surface area contributed by atoms with Gasteiger partial charge in [-0.1, -0.05) is 11.6 Å². The van der Waals surface area contributed by atoms with Crippen LogP contribution in [0.15, 0.2) is 69.7 Å². The van der Waals surface area contributed by atoms with Gasteiger partial charge >= 0.3 is 0 Å². The number of carbonyl (C=O) groups is 1. The van der Waals surface area contributed by atoms with Crippen LogP contribution in [-0.2, 0) is 4.79 Å². The molecule has 0 atom stereocenters. The van der Waals surface area contributed by atoms with Crippen LogP contribution >= 0.6 is 23.8 Å². The van der Waals surface area contributed by atoms with Crippen molar-refractivity contribution in [2.45, 2.75) is 0 Å². The molecule has 0 aliphatic carbocycles. The van der Waals surface area contributed by atoms with E-state index < -0.39 is 5.91 Å². The number of hydrogen-bond donors (Lipinski definition) is 3. The molecule has 150 valence electrons. The predicted molar refractivity (Wildman–Crippen MR) is 118 cm³/mol. The normalized spacial score (nSPS) is 11.1. The Morgan fingerprint density at radius 3 is 2.83 bits per heavy atom. The van der Waals surface area contributed by atoms with Crippen LogP contribution in [0.25, 0.3) is 28.6 Å². The molecule has 4 rings (SSSR count). The van der Waals surface area contributed by atoms with Gasteiger partial charge in [-0.25, -0.2) is 4.98 Å². The van der Waals surface area contributed by atoms with Crippen molar-refractivity contribution in [2.24, 2.45) is 0 Å². The fourth-order valence-corrected chi connectivity index (χ4v) is 3.05. The lowest BCUT2D eigenvalue weighted by atomic mass is 10.2. The number of oxazole rings is 1. The number of rotatable bonds is 4. The predicted octanol–water partition coefficient (Wildman–Crippen LogP) is 4.97. The van der Waals surface area contributed by atoms with Crippen molar-refractivity contribution in [3.05, 3.63) is 71.7 Å². The number of hydrogen-bond acceptors (Lipinski definition) is 6. The number of phenols is 1. The zero-order valence-corrected chi connectivity index (χ0v) is 16.8. The first-order valence-electron chi connectivity index (χ1n) is 8.71. The maximum atomic E-state index is 11.9. The summed E-state index contributed by atoms with van der Waals surface area (Å²) in [6, 6.07) is 13.3. The summed E-state index contributed by atoms with van der Waals surface area (Å²) < 4.78 is 10.8. The van der Waals surface area contributed by atoms with Gasteiger partial charge in [-0.3, -0.25) is 10.1 Å². The molecular weight excluding hydrogens is 426 g/mol. The third-order valence-corrected chi connectivity index (χ3v) is 4.45. The van der Waals surface area contributed by atoms with E-state index in [1.54, 1.807) is 42.5 Å². The molecule has 0 bridgehead atoms. The highest BCUT2D eigenvalue weighted by molar-refractivity contribution is 7.80. The minimum absolute atomic E-state index is 0.0653. The summed E-state index contributed by atoms with van der Waals surface area (Å²) in [6.07, 6.45) is 4.33. The van der Waals surface area contributed by atoms with Crippen LogP contribution in [0.3, 0.4) is 0 Å². The largest absolute Gasteiger partial charge is 0.507 e. The molecule has 7 nitrogen and oxygen atoms in total. The Morgan fingerprint density at radius 1 is 1.20 bits per heavy atom. The average molecular weight is 440 g/mol. The minimum atomic E-state index is -0.421. The van der Waals surface area contributed by atoms with Crippen LogP contribution in [0.5, 0.6) is 5.75 Å². The van der Waals surface area contributed by atoms with E-state index in [4.69, 9.17) is 32.7 Å². The number of benzene rings is 2. The number of aromatic nitrogens is 1. The summed E-state index contributed by atoms with van der Waals surface area (Å²) >= 11 is 11.1. The number of phenolic OH excluding ortho intramolecular Hbond substituents is 1. The Kier molecular flexibility index (Phi) is 5.51. The molecule has 9 heteroatoms. The zero-order valence-electron chi connectivity index (χ0n) is 15.3. The van der Waals surface area contributed by atoms with Gasteiger partial charge in [0.1, 0.15) is 17.0 Å². The van der Waals surface area contributed by atoms with Crippen LogP contribution in [-0.4, -0.2) is 21.1 Å². The van der Waals surface area contributed by atoms with Crippen LogP contribution in [0.1, 0.15) is 5.76 Å². The van der Waals surface area contributed by atoms with Crippen molar-refractivity contribution in [3.8, 4) is 17.2 Å². The lowest BCUT2D eigenvalue weighted by molar-refractivity contribution is -0.115. The Bertz CT molecular complexity index is 1260. The number of carbonyl (C=O) groups excluding carboxylic acids is 1. The molecule has 30 heavy (non-hydrogen) atoms. The topological polar surface area (TPSA) is 101 Å². The van der Waals surface area contributed by atoms with Crippen molar-refractivity contribution in [3.63, 3.8) is 0 Å². The number of amides is 1. The van der Waals surface area contributed by atoms with Gasteiger partial charge in [-0.05, 0) is 60.8 Å². The molecule has 0 saturated heterocycles. The van der Waals surface area contributed by atoms with E-state index in [-0.39, 0.29) is 16.8 Å². The Balaban J connectivity index is 1.43. The SMILES string of the molecule is O=C(/C=C/c1ccco1)NC(=S)Nc1ccc(-c2nc3cc(Cl)ccc3o2)c(O)c1. The van der Waals surface area contributed by atoms with Crippen LogP contribution in [0, 0.1) is 0 Å². The van der Waals surface area contributed by atoms with E-state index in [2.05, 4.69) is 15.6 Å². The summed E-state index contributed by atoms with van der Waals surface area (Å²) in [7, 11) is 0. The van der Waals surface area contributed by atoms with Crippen molar-refractivity contribution in [1.82, 2.24) is 10.3 Å². The number of thiocarbonyl (C=S) groups is 1. The van der Waals surface area contributed by atoms with Crippen LogP contribution < -0.4 is 10.6 Å². The highest BCUT2D eigenvalue weighted by atomic mass is 35.5. The lowest BCUT2D eigenvalue weighted by Crippen LogP contribution is -2.32.